The summed E-state index contributed by atoms with van der Waals surface area (Å²) < 4.78 is 5.42. The second-order valence-electron chi connectivity index (χ2n) is 5.27. The summed E-state index contributed by atoms with van der Waals surface area (Å²) in [6, 6.07) is 15.5. The largest absolute Gasteiger partial charge is 0.494 e. The van der Waals surface area contributed by atoms with Crippen molar-refractivity contribution in [3.63, 3.8) is 0 Å². The van der Waals surface area contributed by atoms with E-state index in [9.17, 15) is 4.79 Å². The standard InChI is InChI=1S/C19H18N2O2S/c1-3-23-15-10-8-14(9-11-15)12-17-18(22)21-19(24-17)20-16-7-5-4-6-13(16)2/h4-12H,3H2,1-2H3,(H,20,21,22). The van der Waals surface area contributed by atoms with Gasteiger partial charge in [0, 0.05) is 0 Å². The summed E-state index contributed by atoms with van der Waals surface area (Å²) in [7, 11) is 0. The van der Waals surface area contributed by atoms with E-state index in [2.05, 4.69) is 10.3 Å². The molecule has 1 N–H and O–H groups in total. The smallest absolute Gasteiger partial charge is 0.264 e. The van der Waals surface area contributed by atoms with Gasteiger partial charge in [0.15, 0.2) is 5.17 Å². The maximum Gasteiger partial charge on any atom is 0.264 e. The summed E-state index contributed by atoms with van der Waals surface area (Å²) in [5.41, 5.74) is 2.89. The molecule has 24 heavy (non-hydrogen) atoms. The topological polar surface area (TPSA) is 50.7 Å². The number of hydrogen-bond donors (Lipinski definition) is 1. The number of ether oxygens (including phenoxy) is 1. The lowest BCUT2D eigenvalue weighted by atomic mass is 10.2. The van der Waals surface area contributed by atoms with Crippen molar-refractivity contribution in [1.29, 1.82) is 0 Å². The van der Waals surface area contributed by atoms with Crippen molar-refractivity contribution in [3.8, 4) is 5.75 Å². The van der Waals surface area contributed by atoms with Gasteiger partial charge in [-0.3, -0.25) is 4.79 Å². The van der Waals surface area contributed by atoms with Crippen LogP contribution in [0, 0.1) is 6.92 Å². The third-order valence-electron chi connectivity index (χ3n) is 3.48. The Balaban J connectivity index is 1.78. The van der Waals surface area contributed by atoms with Crippen molar-refractivity contribution < 1.29 is 9.53 Å². The van der Waals surface area contributed by atoms with Gasteiger partial charge in [-0.15, -0.1) is 0 Å². The first-order valence-corrected chi connectivity index (χ1v) is 8.55. The summed E-state index contributed by atoms with van der Waals surface area (Å²) in [4.78, 5) is 17.3. The number of aliphatic imine (C=N–C) groups is 1. The van der Waals surface area contributed by atoms with Crippen LogP contribution >= 0.6 is 11.8 Å². The number of amides is 1. The van der Waals surface area contributed by atoms with Gasteiger partial charge >= 0.3 is 0 Å². The fourth-order valence-electron chi connectivity index (χ4n) is 2.26. The Morgan fingerprint density at radius 1 is 1.17 bits per heavy atom. The zero-order chi connectivity index (χ0) is 16.9. The van der Waals surface area contributed by atoms with Gasteiger partial charge in [-0.2, -0.15) is 0 Å². The van der Waals surface area contributed by atoms with Crippen LogP contribution in [-0.4, -0.2) is 17.7 Å². The normalized spacial score (nSPS) is 17.3. The van der Waals surface area contributed by atoms with Gasteiger partial charge in [-0.25, -0.2) is 4.99 Å². The Hall–Kier alpha value is -2.53. The summed E-state index contributed by atoms with van der Waals surface area (Å²) in [6.45, 7) is 4.58. The molecular weight excluding hydrogens is 320 g/mol. The average molecular weight is 338 g/mol. The first kappa shape index (κ1) is 16.3. The van der Waals surface area contributed by atoms with Gasteiger partial charge in [0.05, 0.1) is 17.2 Å². The number of nitrogens with zero attached hydrogens (tertiary/aromatic N) is 1. The molecule has 0 aromatic heterocycles. The Morgan fingerprint density at radius 3 is 2.62 bits per heavy atom. The number of nitrogens with one attached hydrogen (secondary N) is 1. The zero-order valence-electron chi connectivity index (χ0n) is 13.6. The quantitative estimate of drug-likeness (QED) is 0.846. The number of rotatable bonds is 4. The molecule has 0 spiro atoms. The van der Waals surface area contributed by atoms with Crippen molar-refractivity contribution in [3.05, 3.63) is 64.6 Å². The molecule has 0 saturated carbocycles. The van der Waals surface area contributed by atoms with Crippen molar-refractivity contribution in [2.75, 3.05) is 6.61 Å². The number of carbonyl (C=O) groups excluding carboxylic acids is 1. The van der Waals surface area contributed by atoms with Crippen molar-refractivity contribution in [1.82, 2.24) is 5.32 Å². The minimum Gasteiger partial charge on any atom is -0.494 e. The van der Waals surface area contributed by atoms with Crippen LogP contribution in [0.4, 0.5) is 5.69 Å². The maximum atomic E-state index is 12.1. The molecule has 0 unspecified atom stereocenters. The van der Waals surface area contributed by atoms with Crippen LogP contribution in [0.15, 0.2) is 58.4 Å². The predicted octanol–water partition coefficient (Wildman–Crippen LogP) is 4.29. The number of carbonyl (C=O) groups is 1. The summed E-state index contributed by atoms with van der Waals surface area (Å²) in [5.74, 6) is 0.700. The van der Waals surface area contributed by atoms with Crippen molar-refractivity contribution in [2.24, 2.45) is 4.99 Å². The lowest BCUT2D eigenvalue weighted by Crippen LogP contribution is -2.19. The molecule has 1 amide bonds. The Morgan fingerprint density at radius 2 is 1.92 bits per heavy atom. The first-order valence-electron chi connectivity index (χ1n) is 7.74. The fourth-order valence-corrected chi connectivity index (χ4v) is 3.09. The minimum absolute atomic E-state index is 0.124. The highest BCUT2D eigenvalue weighted by Gasteiger charge is 2.23. The molecule has 0 aliphatic carbocycles. The van der Waals surface area contributed by atoms with E-state index in [1.54, 1.807) is 0 Å². The lowest BCUT2D eigenvalue weighted by molar-refractivity contribution is -0.115. The Bertz CT molecular complexity index is 810. The number of para-hydroxylation sites is 1. The van der Waals surface area contributed by atoms with Crippen LogP contribution in [0.5, 0.6) is 5.75 Å². The van der Waals surface area contributed by atoms with Crippen LogP contribution in [0.1, 0.15) is 18.1 Å². The number of benzene rings is 2. The van der Waals surface area contributed by atoms with Crippen molar-refractivity contribution >= 4 is 34.6 Å². The van der Waals surface area contributed by atoms with E-state index in [4.69, 9.17) is 4.74 Å². The van der Waals surface area contributed by atoms with E-state index >= 15 is 0 Å². The molecule has 1 aliphatic heterocycles. The van der Waals surface area contributed by atoms with Crippen LogP contribution in [0.3, 0.4) is 0 Å². The molecule has 4 nitrogen and oxygen atoms in total. The fraction of sp³-hybridized carbons (Fsp3) is 0.158. The highest BCUT2D eigenvalue weighted by atomic mass is 32.2. The third kappa shape index (κ3) is 3.86. The first-order chi connectivity index (χ1) is 11.7. The predicted molar refractivity (Wildman–Crippen MR) is 99.6 cm³/mol. The average Bonchev–Trinajstić information content (AvgIpc) is 2.91. The van der Waals surface area contributed by atoms with Crippen molar-refractivity contribution in [2.45, 2.75) is 13.8 Å². The van der Waals surface area contributed by atoms with E-state index in [1.165, 1.54) is 11.8 Å². The highest BCUT2D eigenvalue weighted by molar-refractivity contribution is 8.18. The third-order valence-corrected chi connectivity index (χ3v) is 4.39. The highest BCUT2D eigenvalue weighted by Crippen LogP contribution is 2.29. The molecule has 1 heterocycles. The van der Waals surface area contributed by atoms with Gasteiger partial charge in [0.2, 0.25) is 0 Å². The summed E-state index contributed by atoms with van der Waals surface area (Å²) in [6.07, 6.45) is 1.86. The second-order valence-corrected chi connectivity index (χ2v) is 6.30. The SMILES string of the molecule is CCOc1ccc(C=C2SC(=Nc3ccccc3C)NC2=O)cc1. The van der Waals surface area contributed by atoms with Crippen LogP contribution in [-0.2, 0) is 4.79 Å². The van der Waals surface area contributed by atoms with Crippen LogP contribution < -0.4 is 10.1 Å². The molecule has 122 valence electrons. The molecule has 2 aromatic carbocycles. The van der Waals surface area contributed by atoms with Gasteiger partial charge in [-0.05, 0) is 61.0 Å². The molecule has 3 rings (SSSR count). The van der Waals surface area contributed by atoms with E-state index in [0.29, 0.717) is 16.7 Å². The second kappa shape index (κ2) is 7.36. The maximum absolute atomic E-state index is 12.1. The molecule has 2 aromatic rings. The summed E-state index contributed by atoms with van der Waals surface area (Å²) in [5, 5.41) is 3.42. The molecular formula is C19H18N2O2S. The Labute approximate surface area is 145 Å². The number of hydrogen-bond acceptors (Lipinski definition) is 4. The van der Waals surface area contributed by atoms with Crippen LogP contribution in [0.25, 0.3) is 6.08 Å². The van der Waals surface area contributed by atoms with Gasteiger partial charge in [0.1, 0.15) is 5.75 Å². The molecule has 0 bridgehead atoms. The zero-order valence-corrected chi connectivity index (χ0v) is 14.4. The molecule has 0 radical (unpaired) electrons. The number of amidine groups is 1. The number of aryl methyl sites for hydroxylation is 1. The van der Waals surface area contributed by atoms with Gasteiger partial charge < -0.3 is 10.1 Å². The Kier molecular flexibility index (Phi) is 5.01. The molecule has 1 aliphatic rings. The van der Waals surface area contributed by atoms with E-state index in [0.717, 1.165) is 22.6 Å². The molecule has 1 fully saturated rings. The van der Waals surface area contributed by atoms with Gasteiger partial charge in [-0.1, -0.05) is 30.3 Å². The molecule has 5 heteroatoms. The molecule has 1 saturated heterocycles. The molecule has 0 atom stereocenters. The summed E-state index contributed by atoms with van der Waals surface area (Å²) >= 11 is 1.35. The minimum atomic E-state index is -0.124. The van der Waals surface area contributed by atoms with E-state index < -0.39 is 0 Å². The van der Waals surface area contributed by atoms with Gasteiger partial charge in [0.25, 0.3) is 5.91 Å². The van der Waals surface area contributed by atoms with E-state index in [1.807, 2.05) is 68.5 Å². The lowest BCUT2D eigenvalue weighted by Gasteiger charge is -2.02. The van der Waals surface area contributed by atoms with E-state index in [-0.39, 0.29) is 5.91 Å². The monoisotopic (exact) mass is 338 g/mol. The van der Waals surface area contributed by atoms with Crippen LogP contribution in [0.2, 0.25) is 0 Å². The number of thioether (sulfide) groups is 1.